The van der Waals surface area contributed by atoms with Crippen molar-refractivity contribution < 1.29 is 4.74 Å². The molecule has 5 nitrogen and oxygen atoms in total. The number of hydrogen-bond acceptors (Lipinski definition) is 7. The maximum Gasteiger partial charge on any atom is 0.138 e. The van der Waals surface area contributed by atoms with Gasteiger partial charge < -0.3 is 10.1 Å². The van der Waals surface area contributed by atoms with Crippen molar-refractivity contribution in [1.29, 1.82) is 0 Å². The number of ether oxygens (including phenoxy) is 1. The summed E-state index contributed by atoms with van der Waals surface area (Å²) in [6.07, 6.45) is 6.64. The fourth-order valence-electron chi connectivity index (χ4n) is 4.20. The molecule has 1 fully saturated rings. The van der Waals surface area contributed by atoms with Crippen LogP contribution in [-0.2, 0) is 17.6 Å². The number of fused-ring (bicyclic) bond motifs is 3. The fraction of sp³-hybridized carbons (Fsp3) is 0.500. The molecule has 3 aromatic heterocycles. The monoisotopic (exact) mass is 400 g/mol. The zero-order valence-electron chi connectivity index (χ0n) is 15.3. The molecule has 0 bridgehead atoms. The second kappa shape index (κ2) is 7.83. The molecule has 1 aliphatic carbocycles. The SMILES string of the molecule is c1csc(C(CNc2ncnc3sc4c(c23)CCCC4)N2CCOCC2)c1. The summed E-state index contributed by atoms with van der Waals surface area (Å²) in [5.74, 6) is 1.01. The number of nitrogens with zero attached hydrogens (tertiary/aromatic N) is 3. The third-order valence-electron chi connectivity index (χ3n) is 5.57. The van der Waals surface area contributed by atoms with Crippen LogP contribution < -0.4 is 5.32 Å². The molecule has 0 spiro atoms. The van der Waals surface area contributed by atoms with Crippen LogP contribution >= 0.6 is 22.7 Å². The minimum Gasteiger partial charge on any atom is -0.379 e. The lowest BCUT2D eigenvalue weighted by atomic mass is 9.97. The Kier molecular flexibility index (Phi) is 5.09. The molecular formula is C20H24N4OS2. The van der Waals surface area contributed by atoms with Gasteiger partial charge in [0.1, 0.15) is 17.0 Å². The Morgan fingerprint density at radius 2 is 2.07 bits per heavy atom. The van der Waals surface area contributed by atoms with E-state index in [1.165, 1.54) is 40.0 Å². The van der Waals surface area contributed by atoms with Crippen molar-refractivity contribution in [3.8, 4) is 0 Å². The van der Waals surface area contributed by atoms with Crippen LogP contribution in [0.3, 0.4) is 0 Å². The van der Waals surface area contributed by atoms with Crippen LogP contribution in [-0.4, -0.2) is 47.7 Å². The van der Waals surface area contributed by atoms with Crippen LogP contribution in [0.25, 0.3) is 10.2 Å². The van der Waals surface area contributed by atoms with Gasteiger partial charge in [0, 0.05) is 29.4 Å². The molecule has 27 heavy (non-hydrogen) atoms. The molecule has 3 aromatic rings. The van der Waals surface area contributed by atoms with Gasteiger partial charge in [0.25, 0.3) is 0 Å². The fourth-order valence-corrected chi connectivity index (χ4v) is 6.29. The molecule has 142 valence electrons. The van der Waals surface area contributed by atoms with Crippen molar-refractivity contribution in [2.24, 2.45) is 0 Å². The molecule has 4 heterocycles. The summed E-state index contributed by atoms with van der Waals surface area (Å²) < 4.78 is 5.56. The second-order valence-electron chi connectivity index (χ2n) is 7.17. The van der Waals surface area contributed by atoms with Gasteiger partial charge >= 0.3 is 0 Å². The Labute approximate surface area is 167 Å². The average molecular weight is 401 g/mol. The molecule has 0 amide bonds. The Morgan fingerprint density at radius 1 is 1.19 bits per heavy atom. The highest BCUT2D eigenvalue weighted by molar-refractivity contribution is 7.19. The normalized spacial score (nSPS) is 19.1. The average Bonchev–Trinajstić information content (AvgIpc) is 3.37. The first-order valence-corrected chi connectivity index (χ1v) is 11.4. The molecule has 1 aliphatic heterocycles. The standard InChI is InChI=1S/C20H24N4OS2/c1-2-5-16-14(4-1)18-19(22-13-23-20(18)27-16)21-12-15(17-6-3-11-26-17)24-7-9-25-10-8-24/h3,6,11,13,15H,1-2,4-5,7-10,12H2,(H,21,22,23). The second-order valence-corrected chi connectivity index (χ2v) is 9.24. The Balaban J connectivity index is 1.43. The topological polar surface area (TPSA) is 50.3 Å². The van der Waals surface area contributed by atoms with Gasteiger partial charge in [-0.1, -0.05) is 6.07 Å². The molecular weight excluding hydrogens is 376 g/mol. The van der Waals surface area contributed by atoms with Crippen molar-refractivity contribution >= 4 is 38.7 Å². The quantitative estimate of drug-likeness (QED) is 0.698. The third-order valence-corrected chi connectivity index (χ3v) is 7.75. The molecule has 0 aromatic carbocycles. The molecule has 1 atom stereocenters. The van der Waals surface area contributed by atoms with Gasteiger partial charge in [-0.05, 0) is 42.7 Å². The summed E-state index contributed by atoms with van der Waals surface area (Å²) in [5, 5.41) is 7.12. The van der Waals surface area contributed by atoms with Crippen molar-refractivity contribution in [3.63, 3.8) is 0 Å². The van der Waals surface area contributed by atoms with E-state index in [4.69, 9.17) is 4.74 Å². The van der Waals surface area contributed by atoms with E-state index in [0.717, 1.165) is 49.9 Å². The largest absolute Gasteiger partial charge is 0.379 e. The van der Waals surface area contributed by atoms with E-state index in [9.17, 15) is 0 Å². The highest BCUT2D eigenvalue weighted by atomic mass is 32.1. The van der Waals surface area contributed by atoms with Crippen LogP contribution in [0.2, 0.25) is 0 Å². The van der Waals surface area contributed by atoms with Crippen molar-refractivity contribution in [2.75, 3.05) is 38.2 Å². The van der Waals surface area contributed by atoms with Crippen LogP contribution in [0.5, 0.6) is 0 Å². The van der Waals surface area contributed by atoms with Gasteiger partial charge in [-0.2, -0.15) is 0 Å². The minimum absolute atomic E-state index is 0.355. The van der Waals surface area contributed by atoms with Gasteiger partial charge in [-0.25, -0.2) is 9.97 Å². The predicted octanol–water partition coefficient (Wildman–Crippen LogP) is 4.12. The number of nitrogens with one attached hydrogen (secondary N) is 1. The van der Waals surface area contributed by atoms with Crippen LogP contribution in [0, 0.1) is 0 Å². The molecule has 7 heteroatoms. The Bertz CT molecular complexity index is 902. The summed E-state index contributed by atoms with van der Waals surface area (Å²) in [6.45, 7) is 4.46. The van der Waals surface area contributed by atoms with Gasteiger partial charge in [-0.3, -0.25) is 4.90 Å². The summed E-state index contributed by atoms with van der Waals surface area (Å²) in [6, 6.07) is 4.74. The van der Waals surface area contributed by atoms with E-state index in [1.807, 2.05) is 22.7 Å². The predicted molar refractivity (Wildman–Crippen MR) is 112 cm³/mol. The number of rotatable bonds is 5. The highest BCUT2D eigenvalue weighted by Crippen LogP contribution is 2.38. The summed E-state index contributed by atoms with van der Waals surface area (Å²) >= 11 is 3.69. The zero-order chi connectivity index (χ0) is 18.1. The minimum atomic E-state index is 0.355. The first-order valence-electron chi connectivity index (χ1n) is 9.74. The number of aromatic nitrogens is 2. The summed E-state index contributed by atoms with van der Waals surface area (Å²) in [5.41, 5.74) is 1.49. The third kappa shape index (κ3) is 3.49. The van der Waals surface area contributed by atoms with Crippen molar-refractivity contribution in [2.45, 2.75) is 31.7 Å². The first-order chi connectivity index (χ1) is 13.4. The van der Waals surface area contributed by atoms with Crippen molar-refractivity contribution in [3.05, 3.63) is 39.2 Å². The molecule has 2 aliphatic rings. The maximum absolute atomic E-state index is 5.56. The number of aryl methyl sites for hydroxylation is 2. The molecule has 0 saturated carbocycles. The molecule has 0 radical (unpaired) electrons. The van der Waals surface area contributed by atoms with E-state index in [-0.39, 0.29) is 0 Å². The Hall–Kier alpha value is -1.54. The van der Waals surface area contributed by atoms with Crippen molar-refractivity contribution in [1.82, 2.24) is 14.9 Å². The van der Waals surface area contributed by atoms with E-state index in [2.05, 4.69) is 37.7 Å². The molecule has 1 saturated heterocycles. The van der Waals surface area contributed by atoms with E-state index < -0.39 is 0 Å². The number of morpholine rings is 1. The number of anilines is 1. The maximum atomic E-state index is 5.56. The lowest BCUT2D eigenvalue weighted by Gasteiger charge is -2.34. The van der Waals surface area contributed by atoms with Gasteiger partial charge in [0.2, 0.25) is 0 Å². The van der Waals surface area contributed by atoms with Crippen LogP contribution in [0.4, 0.5) is 5.82 Å². The van der Waals surface area contributed by atoms with Gasteiger partial charge in [0.05, 0.1) is 24.6 Å². The smallest absolute Gasteiger partial charge is 0.138 e. The zero-order valence-corrected chi connectivity index (χ0v) is 17.0. The summed E-state index contributed by atoms with van der Waals surface area (Å²) in [4.78, 5) is 15.8. The number of hydrogen-bond donors (Lipinski definition) is 1. The lowest BCUT2D eigenvalue weighted by molar-refractivity contribution is 0.0194. The van der Waals surface area contributed by atoms with Gasteiger partial charge in [0.15, 0.2) is 0 Å². The Morgan fingerprint density at radius 3 is 2.93 bits per heavy atom. The van der Waals surface area contributed by atoms with Crippen LogP contribution in [0.15, 0.2) is 23.8 Å². The lowest BCUT2D eigenvalue weighted by Crippen LogP contribution is -2.41. The van der Waals surface area contributed by atoms with Crippen LogP contribution in [0.1, 0.15) is 34.2 Å². The van der Waals surface area contributed by atoms with E-state index in [1.54, 1.807) is 6.33 Å². The number of thiophene rings is 2. The van der Waals surface area contributed by atoms with E-state index in [0.29, 0.717) is 6.04 Å². The molecule has 1 N–H and O–H groups in total. The molecule has 1 unspecified atom stereocenters. The van der Waals surface area contributed by atoms with Gasteiger partial charge in [-0.15, -0.1) is 22.7 Å². The first kappa shape index (κ1) is 17.6. The summed E-state index contributed by atoms with van der Waals surface area (Å²) in [7, 11) is 0. The van der Waals surface area contributed by atoms with E-state index >= 15 is 0 Å². The molecule has 5 rings (SSSR count). The highest BCUT2D eigenvalue weighted by Gasteiger charge is 2.25.